The normalized spacial score (nSPS) is 28.1. The molecular weight excluding hydrogens is 307 g/mol. The summed E-state index contributed by atoms with van der Waals surface area (Å²) in [4.78, 5) is 2.40. The number of nitrogens with one attached hydrogen (secondary N) is 1. The zero-order valence-corrected chi connectivity index (χ0v) is 12.6. The number of rotatable bonds is 2. The molecule has 0 aromatic heterocycles. The maximum absolute atomic E-state index is 13.8. The lowest BCUT2D eigenvalue weighted by molar-refractivity contribution is 0.108. The van der Waals surface area contributed by atoms with Crippen LogP contribution < -0.4 is 5.32 Å². The number of hydrogen-bond donors (Lipinski definition) is 1. The number of halogens is 2. The molecule has 2 nitrogen and oxygen atoms in total. The van der Waals surface area contributed by atoms with E-state index in [9.17, 15) is 4.39 Å². The lowest BCUT2D eigenvalue weighted by Crippen LogP contribution is -2.51. The molecule has 19 heavy (non-hydrogen) atoms. The van der Waals surface area contributed by atoms with Crippen molar-refractivity contribution in [1.29, 1.82) is 0 Å². The molecule has 3 rings (SSSR count). The highest BCUT2D eigenvalue weighted by Crippen LogP contribution is 2.26. The smallest absolute Gasteiger partial charge is 0.127 e. The summed E-state index contributed by atoms with van der Waals surface area (Å²) in [5.74, 6) is 0.657. The molecular formula is C15H20BrFN2. The van der Waals surface area contributed by atoms with Gasteiger partial charge in [0.25, 0.3) is 0 Å². The zero-order chi connectivity index (χ0) is 13.2. The van der Waals surface area contributed by atoms with Crippen molar-refractivity contribution in [3.63, 3.8) is 0 Å². The molecule has 0 amide bonds. The van der Waals surface area contributed by atoms with E-state index in [4.69, 9.17) is 0 Å². The second-order valence-electron chi connectivity index (χ2n) is 5.72. The maximum atomic E-state index is 13.8. The largest absolute Gasteiger partial charge is 0.314 e. The summed E-state index contributed by atoms with van der Waals surface area (Å²) in [5.41, 5.74) is 0.802. The highest BCUT2D eigenvalue weighted by Gasteiger charge is 2.30. The maximum Gasteiger partial charge on any atom is 0.127 e. The first kappa shape index (κ1) is 13.5. The second-order valence-corrected chi connectivity index (χ2v) is 6.64. The van der Waals surface area contributed by atoms with E-state index in [1.165, 1.54) is 25.8 Å². The van der Waals surface area contributed by atoms with Crippen LogP contribution in [0.4, 0.5) is 4.39 Å². The van der Waals surface area contributed by atoms with E-state index < -0.39 is 0 Å². The Bertz CT molecular complexity index is 452. The SMILES string of the molecule is Fc1ccc(Br)cc1CN1CCC2NCCCC2C1. The standard InChI is InChI=1S/C15H20BrFN2/c16-13-3-4-14(17)12(8-13)10-19-7-5-15-11(9-19)2-1-6-18-15/h3-4,8,11,15,18H,1-2,5-7,9-10H2. The van der Waals surface area contributed by atoms with Crippen molar-refractivity contribution in [3.05, 3.63) is 34.1 Å². The highest BCUT2D eigenvalue weighted by molar-refractivity contribution is 9.10. The number of piperidine rings is 2. The Hall–Kier alpha value is -0.450. The van der Waals surface area contributed by atoms with Crippen LogP contribution in [0.15, 0.2) is 22.7 Å². The van der Waals surface area contributed by atoms with Crippen molar-refractivity contribution in [3.8, 4) is 0 Å². The van der Waals surface area contributed by atoms with Gasteiger partial charge in [-0.1, -0.05) is 15.9 Å². The van der Waals surface area contributed by atoms with Crippen molar-refractivity contribution in [1.82, 2.24) is 10.2 Å². The van der Waals surface area contributed by atoms with Crippen LogP contribution in [0.2, 0.25) is 0 Å². The Balaban J connectivity index is 1.65. The minimum Gasteiger partial charge on any atom is -0.314 e. The number of fused-ring (bicyclic) bond motifs is 1. The first-order valence-electron chi connectivity index (χ1n) is 7.12. The molecule has 2 fully saturated rings. The summed E-state index contributed by atoms with van der Waals surface area (Å²) >= 11 is 3.42. The van der Waals surface area contributed by atoms with Gasteiger partial charge in [0.2, 0.25) is 0 Å². The van der Waals surface area contributed by atoms with E-state index in [1.807, 2.05) is 6.07 Å². The molecule has 1 aromatic rings. The van der Waals surface area contributed by atoms with Crippen molar-refractivity contribution >= 4 is 15.9 Å². The van der Waals surface area contributed by atoms with Gasteiger partial charge in [-0.25, -0.2) is 4.39 Å². The molecule has 0 radical (unpaired) electrons. The van der Waals surface area contributed by atoms with E-state index >= 15 is 0 Å². The van der Waals surface area contributed by atoms with Crippen LogP contribution in [0.3, 0.4) is 0 Å². The third-order valence-electron chi connectivity index (χ3n) is 4.38. The molecule has 1 aromatic carbocycles. The Morgan fingerprint density at radius 2 is 2.26 bits per heavy atom. The third kappa shape index (κ3) is 3.18. The topological polar surface area (TPSA) is 15.3 Å². The predicted octanol–water partition coefficient (Wildman–Crippen LogP) is 3.16. The van der Waals surface area contributed by atoms with Gasteiger partial charge >= 0.3 is 0 Å². The lowest BCUT2D eigenvalue weighted by Gasteiger charge is -2.41. The van der Waals surface area contributed by atoms with Crippen LogP contribution in [0.1, 0.15) is 24.8 Å². The van der Waals surface area contributed by atoms with Gasteiger partial charge in [-0.15, -0.1) is 0 Å². The van der Waals surface area contributed by atoms with Gasteiger partial charge in [0.05, 0.1) is 0 Å². The van der Waals surface area contributed by atoms with Crippen LogP contribution in [-0.4, -0.2) is 30.6 Å². The molecule has 0 spiro atoms. The van der Waals surface area contributed by atoms with E-state index in [-0.39, 0.29) is 5.82 Å². The van der Waals surface area contributed by atoms with Crippen molar-refractivity contribution in [2.75, 3.05) is 19.6 Å². The van der Waals surface area contributed by atoms with Crippen molar-refractivity contribution in [2.24, 2.45) is 5.92 Å². The predicted molar refractivity (Wildman–Crippen MR) is 78.5 cm³/mol. The summed E-state index contributed by atoms with van der Waals surface area (Å²) in [6.07, 6.45) is 3.79. The number of hydrogen-bond acceptors (Lipinski definition) is 2. The molecule has 2 atom stereocenters. The number of benzene rings is 1. The molecule has 2 heterocycles. The minimum atomic E-state index is -0.0907. The van der Waals surface area contributed by atoms with Crippen molar-refractivity contribution < 1.29 is 4.39 Å². The van der Waals surface area contributed by atoms with Gasteiger partial charge in [-0.2, -0.15) is 0 Å². The Labute approximate surface area is 122 Å². The molecule has 0 aliphatic carbocycles. The van der Waals surface area contributed by atoms with E-state index in [2.05, 4.69) is 26.1 Å². The summed E-state index contributed by atoms with van der Waals surface area (Å²) in [6, 6.07) is 5.91. The van der Waals surface area contributed by atoms with Gasteiger partial charge in [0.1, 0.15) is 5.82 Å². The summed E-state index contributed by atoms with van der Waals surface area (Å²) < 4.78 is 14.8. The molecule has 0 bridgehead atoms. The van der Waals surface area contributed by atoms with Crippen LogP contribution >= 0.6 is 15.9 Å². The van der Waals surface area contributed by atoms with Gasteiger partial charge < -0.3 is 5.32 Å². The van der Waals surface area contributed by atoms with Gasteiger partial charge in [-0.3, -0.25) is 4.90 Å². The summed E-state index contributed by atoms with van der Waals surface area (Å²) in [5, 5.41) is 3.62. The van der Waals surface area contributed by atoms with Crippen LogP contribution in [0.5, 0.6) is 0 Å². The first-order chi connectivity index (χ1) is 9.22. The quantitative estimate of drug-likeness (QED) is 0.898. The fourth-order valence-corrected chi connectivity index (χ4v) is 3.78. The van der Waals surface area contributed by atoms with E-state index in [0.717, 1.165) is 35.6 Å². The fourth-order valence-electron chi connectivity index (χ4n) is 3.37. The minimum absolute atomic E-state index is 0.0907. The van der Waals surface area contributed by atoms with Gasteiger partial charge in [0, 0.05) is 29.2 Å². The van der Waals surface area contributed by atoms with Crippen LogP contribution in [0.25, 0.3) is 0 Å². The van der Waals surface area contributed by atoms with Gasteiger partial charge in [-0.05, 0) is 56.5 Å². The Morgan fingerprint density at radius 3 is 3.16 bits per heavy atom. The molecule has 2 aliphatic heterocycles. The molecule has 104 valence electrons. The molecule has 2 unspecified atom stereocenters. The lowest BCUT2D eigenvalue weighted by atomic mass is 9.85. The van der Waals surface area contributed by atoms with E-state index in [1.54, 1.807) is 12.1 Å². The molecule has 2 aliphatic rings. The zero-order valence-electron chi connectivity index (χ0n) is 11.0. The van der Waals surface area contributed by atoms with Crippen LogP contribution in [0, 0.1) is 11.7 Å². The Morgan fingerprint density at radius 1 is 1.37 bits per heavy atom. The monoisotopic (exact) mass is 326 g/mol. The average Bonchev–Trinajstić information content (AvgIpc) is 2.43. The molecule has 0 saturated carbocycles. The molecule has 4 heteroatoms. The first-order valence-corrected chi connectivity index (χ1v) is 7.91. The molecule has 2 saturated heterocycles. The number of likely N-dealkylation sites (tertiary alicyclic amines) is 1. The fraction of sp³-hybridized carbons (Fsp3) is 0.600. The summed E-state index contributed by atoms with van der Waals surface area (Å²) in [6.45, 7) is 4.07. The summed E-state index contributed by atoms with van der Waals surface area (Å²) in [7, 11) is 0. The van der Waals surface area contributed by atoms with Crippen molar-refractivity contribution in [2.45, 2.75) is 31.8 Å². The second kappa shape index (κ2) is 5.90. The number of nitrogens with zero attached hydrogens (tertiary/aromatic N) is 1. The average molecular weight is 327 g/mol. The van der Waals surface area contributed by atoms with E-state index in [0.29, 0.717) is 6.04 Å². The van der Waals surface area contributed by atoms with Gasteiger partial charge in [0.15, 0.2) is 0 Å². The molecule has 1 N–H and O–H groups in total. The highest BCUT2D eigenvalue weighted by atomic mass is 79.9. The Kier molecular flexibility index (Phi) is 4.20. The third-order valence-corrected chi connectivity index (χ3v) is 4.87. The van der Waals surface area contributed by atoms with Crippen LogP contribution in [-0.2, 0) is 6.54 Å².